The highest BCUT2D eigenvalue weighted by molar-refractivity contribution is 5.93. The van der Waals surface area contributed by atoms with Gasteiger partial charge in [0, 0.05) is 25.2 Å². The van der Waals surface area contributed by atoms with Crippen molar-refractivity contribution in [1.29, 1.82) is 0 Å². The van der Waals surface area contributed by atoms with E-state index in [1.165, 1.54) is 0 Å². The van der Waals surface area contributed by atoms with Crippen molar-refractivity contribution in [3.63, 3.8) is 0 Å². The molecule has 4 aromatic rings. The molecule has 1 amide bonds. The molecule has 0 radical (unpaired) electrons. The lowest BCUT2D eigenvalue weighted by Gasteiger charge is -2.18. The topological polar surface area (TPSA) is 74.0 Å². The number of rotatable bonds is 7. The summed E-state index contributed by atoms with van der Waals surface area (Å²) in [7, 11) is 6.36. The van der Waals surface area contributed by atoms with E-state index >= 15 is 0 Å². The van der Waals surface area contributed by atoms with E-state index in [2.05, 4.69) is 5.16 Å². The summed E-state index contributed by atoms with van der Waals surface area (Å²) in [5.74, 6) is 1.85. The molecule has 0 unspecified atom stereocenters. The van der Waals surface area contributed by atoms with Crippen LogP contribution in [0.15, 0.2) is 65.2 Å². The van der Waals surface area contributed by atoms with E-state index in [-0.39, 0.29) is 11.6 Å². The predicted octanol–water partition coefficient (Wildman–Crippen LogP) is 4.79. The Bertz CT molecular complexity index is 1240. The van der Waals surface area contributed by atoms with Crippen molar-refractivity contribution >= 4 is 16.7 Å². The predicted molar refractivity (Wildman–Crippen MR) is 121 cm³/mol. The zero-order chi connectivity index (χ0) is 22.7. The van der Waals surface area contributed by atoms with E-state index in [1.54, 1.807) is 39.3 Å². The molecular formula is C25H24N2O5. The maximum atomic E-state index is 13.0. The first-order valence-electron chi connectivity index (χ1n) is 10.0. The number of fused-ring (bicyclic) bond motifs is 1. The molecule has 0 aliphatic carbocycles. The van der Waals surface area contributed by atoms with Gasteiger partial charge < -0.3 is 23.6 Å². The Hall–Kier alpha value is -4.00. The van der Waals surface area contributed by atoms with Crippen molar-refractivity contribution in [1.82, 2.24) is 10.1 Å². The number of carbonyl (C=O) groups excluding carboxylic acids is 1. The summed E-state index contributed by atoms with van der Waals surface area (Å²) >= 11 is 0. The van der Waals surface area contributed by atoms with E-state index in [4.69, 9.17) is 18.7 Å². The van der Waals surface area contributed by atoms with Crippen molar-refractivity contribution in [2.45, 2.75) is 6.54 Å². The van der Waals surface area contributed by atoms with Gasteiger partial charge in [-0.15, -0.1) is 0 Å². The Balaban J connectivity index is 1.54. The SMILES string of the molecule is COc1cc(CN(C)C(=O)c2cc(-c3ccc4ccccc4c3)on2)cc(OC)c1OC. The number of methoxy groups -OCH3 is 3. The number of aromatic nitrogens is 1. The monoisotopic (exact) mass is 432 g/mol. The molecule has 3 aromatic carbocycles. The van der Waals surface area contributed by atoms with Crippen LogP contribution in [0.5, 0.6) is 17.2 Å². The molecule has 0 N–H and O–H groups in total. The van der Waals surface area contributed by atoms with Crippen molar-refractivity contribution in [2.24, 2.45) is 0 Å². The molecular weight excluding hydrogens is 408 g/mol. The fraction of sp³-hybridized carbons (Fsp3) is 0.200. The summed E-state index contributed by atoms with van der Waals surface area (Å²) in [5.41, 5.74) is 1.93. The van der Waals surface area contributed by atoms with Gasteiger partial charge in [-0.05, 0) is 34.5 Å². The van der Waals surface area contributed by atoms with Crippen molar-refractivity contribution < 1.29 is 23.5 Å². The Labute approximate surface area is 186 Å². The van der Waals surface area contributed by atoms with Crippen LogP contribution in [-0.2, 0) is 6.54 Å². The smallest absolute Gasteiger partial charge is 0.276 e. The molecule has 32 heavy (non-hydrogen) atoms. The number of ether oxygens (including phenoxy) is 3. The maximum absolute atomic E-state index is 13.0. The third kappa shape index (κ3) is 4.09. The van der Waals surface area contributed by atoms with E-state index in [0.717, 1.165) is 21.9 Å². The van der Waals surface area contributed by atoms with Gasteiger partial charge >= 0.3 is 0 Å². The zero-order valence-electron chi connectivity index (χ0n) is 18.4. The van der Waals surface area contributed by atoms with Crippen LogP contribution >= 0.6 is 0 Å². The normalized spacial score (nSPS) is 10.8. The number of carbonyl (C=O) groups is 1. The number of nitrogens with zero attached hydrogens (tertiary/aromatic N) is 2. The average Bonchev–Trinajstić information content (AvgIpc) is 3.32. The van der Waals surface area contributed by atoms with E-state index in [0.29, 0.717) is 29.6 Å². The van der Waals surface area contributed by atoms with Gasteiger partial charge in [0.25, 0.3) is 5.91 Å². The van der Waals surface area contributed by atoms with Crippen LogP contribution < -0.4 is 14.2 Å². The van der Waals surface area contributed by atoms with Crippen LogP contribution in [0, 0.1) is 0 Å². The van der Waals surface area contributed by atoms with Crippen LogP contribution in [0.3, 0.4) is 0 Å². The van der Waals surface area contributed by atoms with E-state index in [1.807, 2.05) is 54.6 Å². The van der Waals surface area contributed by atoms with E-state index < -0.39 is 0 Å². The molecule has 164 valence electrons. The molecule has 0 bridgehead atoms. The maximum Gasteiger partial charge on any atom is 0.276 e. The average molecular weight is 432 g/mol. The van der Waals surface area contributed by atoms with Crippen LogP contribution in [0.25, 0.3) is 22.1 Å². The number of hydrogen-bond donors (Lipinski definition) is 0. The molecule has 4 rings (SSSR count). The second-order valence-corrected chi connectivity index (χ2v) is 7.33. The second kappa shape index (κ2) is 9.01. The lowest BCUT2D eigenvalue weighted by Crippen LogP contribution is -2.26. The zero-order valence-corrected chi connectivity index (χ0v) is 18.4. The fourth-order valence-corrected chi connectivity index (χ4v) is 3.62. The van der Waals surface area contributed by atoms with E-state index in [9.17, 15) is 4.79 Å². The van der Waals surface area contributed by atoms with Crippen molar-refractivity contribution in [3.05, 3.63) is 71.9 Å². The van der Waals surface area contributed by atoms with Crippen LogP contribution in [0.4, 0.5) is 0 Å². The molecule has 0 saturated carbocycles. The molecule has 0 aliphatic rings. The summed E-state index contributed by atoms with van der Waals surface area (Å²) < 4.78 is 21.6. The molecule has 0 atom stereocenters. The highest BCUT2D eigenvalue weighted by Crippen LogP contribution is 2.38. The summed E-state index contributed by atoms with van der Waals surface area (Å²) in [6.45, 7) is 0.327. The van der Waals surface area contributed by atoms with Crippen LogP contribution in [-0.4, -0.2) is 44.3 Å². The molecule has 0 fully saturated rings. The third-order valence-electron chi connectivity index (χ3n) is 5.25. The number of hydrogen-bond acceptors (Lipinski definition) is 6. The summed E-state index contributed by atoms with van der Waals surface area (Å²) in [4.78, 5) is 14.5. The Morgan fingerprint density at radius 2 is 1.59 bits per heavy atom. The molecule has 0 aliphatic heterocycles. The van der Waals surface area contributed by atoms with Gasteiger partial charge in [0.2, 0.25) is 5.75 Å². The highest BCUT2D eigenvalue weighted by Gasteiger charge is 2.20. The Morgan fingerprint density at radius 1 is 0.906 bits per heavy atom. The van der Waals surface area contributed by atoms with Gasteiger partial charge in [-0.2, -0.15) is 0 Å². The summed E-state index contributed by atoms with van der Waals surface area (Å²) in [5, 5.41) is 6.22. The quantitative estimate of drug-likeness (QED) is 0.418. The van der Waals surface area contributed by atoms with Gasteiger partial charge in [-0.25, -0.2) is 0 Å². The molecule has 1 aromatic heterocycles. The first kappa shape index (κ1) is 21.2. The third-order valence-corrected chi connectivity index (χ3v) is 5.25. The first-order valence-corrected chi connectivity index (χ1v) is 10.0. The highest BCUT2D eigenvalue weighted by atomic mass is 16.5. The van der Waals surface area contributed by atoms with Gasteiger partial charge in [0.15, 0.2) is 23.0 Å². The molecule has 0 spiro atoms. The molecule has 7 nitrogen and oxygen atoms in total. The summed E-state index contributed by atoms with van der Waals surface area (Å²) in [6.07, 6.45) is 0. The van der Waals surface area contributed by atoms with Crippen molar-refractivity contribution in [3.8, 4) is 28.6 Å². The molecule has 7 heteroatoms. The molecule has 1 heterocycles. The largest absolute Gasteiger partial charge is 0.493 e. The second-order valence-electron chi connectivity index (χ2n) is 7.33. The van der Waals surface area contributed by atoms with Crippen molar-refractivity contribution in [2.75, 3.05) is 28.4 Å². The minimum atomic E-state index is -0.255. The van der Waals surface area contributed by atoms with Crippen LogP contribution in [0.1, 0.15) is 16.1 Å². The van der Waals surface area contributed by atoms with Gasteiger partial charge in [-0.1, -0.05) is 41.6 Å². The Kier molecular flexibility index (Phi) is 5.98. The minimum Gasteiger partial charge on any atom is -0.493 e. The lowest BCUT2D eigenvalue weighted by atomic mass is 10.1. The standard InChI is InChI=1S/C25H24N2O5/c1-27(15-16-11-22(29-2)24(31-4)23(12-16)30-3)25(28)20-14-21(32-26-20)19-10-9-17-7-5-6-8-18(17)13-19/h5-14H,15H2,1-4H3. The van der Waals surface area contributed by atoms with Gasteiger partial charge in [0.1, 0.15) is 0 Å². The van der Waals surface area contributed by atoms with Gasteiger partial charge in [0.05, 0.1) is 21.3 Å². The fourth-order valence-electron chi connectivity index (χ4n) is 3.62. The first-order chi connectivity index (χ1) is 15.5. The number of benzene rings is 3. The van der Waals surface area contributed by atoms with Gasteiger partial charge in [-0.3, -0.25) is 4.79 Å². The van der Waals surface area contributed by atoms with Crippen LogP contribution in [0.2, 0.25) is 0 Å². The minimum absolute atomic E-state index is 0.239. The lowest BCUT2D eigenvalue weighted by molar-refractivity contribution is 0.0774. The number of amides is 1. The Morgan fingerprint density at radius 3 is 2.25 bits per heavy atom. The summed E-state index contributed by atoms with van der Waals surface area (Å²) in [6, 6.07) is 19.3. The molecule has 0 saturated heterocycles.